The van der Waals surface area contributed by atoms with Crippen LogP contribution in [0.25, 0.3) is 11.4 Å². The molecule has 0 radical (unpaired) electrons. The van der Waals surface area contributed by atoms with Gasteiger partial charge in [0.2, 0.25) is 11.7 Å². The van der Waals surface area contributed by atoms with E-state index in [1.165, 1.54) is 48.5 Å². The van der Waals surface area contributed by atoms with E-state index >= 15 is 0 Å². The first-order valence-corrected chi connectivity index (χ1v) is 8.40. The van der Waals surface area contributed by atoms with Crippen LogP contribution in [0.4, 0.5) is 8.78 Å². The fourth-order valence-corrected chi connectivity index (χ4v) is 2.34. The van der Waals surface area contributed by atoms with E-state index in [0.717, 1.165) is 0 Å². The van der Waals surface area contributed by atoms with Gasteiger partial charge in [-0.25, -0.2) is 8.78 Å². The molecule has 0 unspecified atom stereocenters. The normalized spacial score (nSPS) is 10.5. The Hall–Kier alpha value is -3.62. The number of aromatic nitrogens is 2. The van der Waals surface area contributed by atoms with Crippen molar-refractivity contribution in [1.29, 1.82) is 0 Å². The smallest absolute Gasteiger partial charge is 0.316 e. The van der Waals surface area contributed by atoms with E-state index in [-0.39, 0.29) is 42.9 Å². The van der Waals surface area contributed by atoms with Crippen molar-refractivity contribution < 1.29 is 22.9 Å². The van der Waals surface area contributed by atoms with E-state index in [4.69, 9.17) is 4.52 Å². The summed E-state index contributed by atoms with van der Waals surface area (Å²) < 4.78 is 30.7. The summed E-state index contributed by atoms with van der Waals surface area (Å²) in [6, 6.07) is 11.1. The monoisotopic (exact) mass is 386 g/mol. The predicted molar refractivity (Wildman–Crippen MR) is 95.1 cm³/mol. The van der Waals surface area contributed by atoms with Crippen molar-refractivity contribution in [2.75, 3.05) is 13.1 Å². The molecule has 1 aromatic heterocycles. The van der Waals surface area contributed by atoms with Gasteiger partial charge in [-0.2, -0.15) is 4.98 Å². The summed E-state index contributed by atoms with van der Waals surface area (Å²) in [5, 5.41) is 8.86. The third-order valence-corrected chi connectivity index (χ3v) is 3.73. The maximum absolute atomic E-state index is 12.9. The van der Waals surface area contributed by atoms with Crippen molar-refractivity contribution in [2.45, 2.75) is 6.42 Å². The summed E-state index contributed by atoms with van der Waals surface area (Å²) >= 11 is 0. The van der Waals surface area contributed by atoms with E-state index in [1.54, 1.807) is 0 Å². The van der Waals surface area contributed by atoms with Gasteiger partial charge in [0.15, 0.2) is 0 Å². The maximum Gasteiger partial charge on any atom is 0.316 e. The van der Waals surface area contributed by atoms with Crippen LogP contribution < -0.4 is 10.6 Å². The first-order valence-electron chi connectivity index (χ1n) is 8.40. The van der Waals surface area contributed by atoms with Crippen molar-refractivity contribution in [3.63, 3.8) is 0 Å². The van der Waals surface area contributed by atoms with E-state index in [2.05, 4.69) is 20.8 Å². The second kappa shape index (κ2) is 8.85. The lowest BCUT2D eigenvalue weighted by molar-refractivity contribution is -0.120. The molecular formula is C19H16F2N4O3. The summed E-state index contributed by atoms with van der Waals surface area (Å²) in [5.74, 6) is -1.68. The van der Waals surface area contributed by atoms with Crippen molar-refractivity contribution >= 4 is 11.8 Å². The minimum absolute atomic E-state index is 0.110. The quantitative estimate of drug-likeness (QED) is 0.606. The van der Waals surface area contributed by atoms with Gasteiger partial charge in [0, 0.05) is 18.7 Å². The Bertz CT molecular complexity index is 956. The van der Waals surface area contributed by atoms with Gasteiger partial charge in [0.1, 0.15) is 11.6 Å². The molecule has 0 atom stereocenters. The Morgan fingerprint density at radius 2 is 1.50 bits per heavy atom. The highest BCUT2D eigenvalue weighted by atomic mass is 19.1. The maximum atomic E-state index is 12.9. The predicted octanol–water partition coefficient (Wildman–Crippen LogP) is 2.10. The zero-order chi connectivity index (χ0) is 19.9. The average molecular weight is 386 g/mol. The highest BCUT2D eigenvalue weighted by molar-refractivity contribution is 5.89. The number of carbonyl (C=O) groups excluding carboxylic acids is 2. The molecule has 1 heterocycles. The number of nitrogens with zero attached hydrogens (tertiary/aromatic N) is 2. The number of hydrogen-bond donors (Lipinski definition) is 2. The molecule has 144 valence electrons. The Balaban J connectivity index is 1.42. The highest BCUT2D eigenvalue weighted by Crippen LogP contribution is 2.15. The van der Waals surface area contributed by atoms with Crippen LogP contribution in [0.1, 0.15) is 16.2 Å². The van der Waals surface area contributed by atoms with Gasteiger partial charge in [-0.1, -0.05) is 17.3 Å². The molecule has 0 saturated heterocycles. The van der Waals surface area contributed by atoms with Gasteiger partial charge in [0.25, 0.3) is 0 Å². The number of rotatable bonds is 7. The van der Waals surface area contributed by atoms with Gasteiger partial charge < -0.3 is 15.2 Å². The number of benzene rings is 2. The van der Waals surface area contributed by atoms with Crippen molar-refractivity contribution in [3.05, 3.63) is 71.6 Å². The third-order valence-electron chi connectivity index (χ3n) is 3.73. The van der Waals surface area contributed by atoms with Crippen LogP contribution in [-0.2, 0) is 11.2 Å². The first kappa shape index (κ1) is 19.2. The number of halogens is 2. The molecule has 3 rings (SSSR count). The molecule has 2 amide bonds. The molecule has 0 aliphatic heterocycles. The van der Waals surface area contributed by atoms with Gasteiger partial charge >= 0.3 is 11.8 Å². The molecule has 0 aliphatic carbocycles. The second-order valence-corrected chi connectivity index (χ2v) is 5.84. The lowest BCUT2D eigenvalue weighted by atomic mass is 10.1. The first-order chi connectivity index (χ1) is 13.5. The largest absolute Gasteiger partial charge is 0.354 e. The Labute approximate surface area is 158 Å². The fourth-order valence-electron chi connectivity index (χ4n) is 2.34. The van der Waals surface area contributed by atoms with Crippen LogP contribution in [0.15, 0.2) is 53.1 Å². The molecule has 0 spiro atoms. The summed E-state index contributed by atoms with van der Waals surface area (Å²) in [5.41, 5.74) is 1.19. The van der Waals surface area contributed by atoms with Crippen LogP contribution >= 0.6 is 0 Å². The average Bonchev–Trinajstić information content (AvgIpc) is 3.18. The Morgan fingerprint density at radius 3 is 2.18 bits per heavy atom. The van der Waals surface area contributed by atoms with Crippen molar-refractivity contribution in [2.24, 2.45) is 0 Å². The van der Waals surface area contributed by atoms with Crippen molar-refractivity contribution in [3.8, 4) is 11.4 Å². The number of hydrogen-bond acceptors (Lipinski definition) is 5. The van der Waals surface area contributed by atoms with Crippen LogP contribution in [0.3, 0.4) is 0 Å². The van der Waals surface area contributed by atoms with Gasteiger partial charge in [-0.15, -0.1) is 0 Å². The molecular weight excluding hydrogens is 370 g/mol. The molecule has 2 aromatic carbocycles. The molecule has 0 bridgehead atoms. The summed E-state index contributed by atoms with van der Waals surface area (Å²) in [6.45, 7) is 0.354. The minimum atomic E-state index is -0.589. The van der Waals surface area contributed by atoms with E-state index in [0.29, 0.717) is 11.1 Å². The number of amides is 2. The molecule has 0 aliphatic rings. The number of carbonyl (C=O) groups is 2. The molecule has 0 fully saturated rings. The summed E-state index contributed by atoms with van der Waals surface area (Å²) in [6.07, 6.45) is 0.110. The van der Waals surface area contributed by atoms with E-state index < -0.39 is 11.7 Å². The molecule has 7 nitrogen and oxygen atoms in total. The molecule has 3 aromatic rings. The van der Waals surface area contributed by atoms with Crippen LogP contribution in [0, 0.1) is 11.6 Å². The highest BCUT2D eigenvalue weighted by Gasteiger charge is 2.15. The Morgan fingerprint density at radius 1 is 0.893 bits per heavy atom. The Kier molecular flexibility index (Phi) is 6.05. The fraction of sp³-hybridized carbons (Fsp3) is 0.158. The third kappa shape index (κ3) is 5.19. The van der Waals surface area contributed by atoms with Crippen LogP contribution in [-0.4, -0.2) is 35.0 Å². The minimum Gasteiger partial charge on any atom is -0.354 e. The standard InChI is InChI=1S/C19H16F2N4O3/c20-14-5-1-12(2-6-14)11-16(26)22-9-10-23-18(27)19-24-17(25-28-19)13-3-7-15(21)8-4-13/h1-8H,9-11H2,(H,22,26)(H,23,27). The van der Waals surface area contributed by atoms with Crippen LogP contribution in [0.5, 0.6) is 0 Å². The second-order valence-electron chi connectivity index (χ2n) is 5.84. The topological polar surface area (TPSA) is 97.1 Å². The van der Waals surface area contributed by atoms with Crippen molar-refractivity contribution in [1.82, 2.24) is 20.8 Å². The molecule has 2 N–H and O–H groups in total. The van der Waals surface area contributed by atoms with Gasteiger partial charge in [-0.05, 0) is 42.0 Å². The lowest BCUT2D eigenvalue weighted by Gasteiger charge is -2.06. The molecule has 9 heteroatoms. The summed E-state index contributed by atoms with van der Waals surface area (Å²) in [4.78, 5) is 27.8. The summed E-state index contributed by atoms with van der Waals surface area (Å²) in [7, 11) is 0. The molecule has 28 heavy (non-hydrogen) atoms. The number of nitrogens with one attached hydrogen (secondary N) is 2. The SMILES string of the molecule is O=C(Cc1ccc(F)cc1)NCCNC(=O)c1nc(-c2ccc(F)cc2)no1. The van der Waals surface area contributed by atoms with Gasteiger partial charge in [0.05, 0.1) is 6.42 Å². The van der Waals surface area contributed by atoms with Gasteiger partial charge in [-0.3, -0.25) is 9.59 Å². The zero-order valence-electron chi connectivity index (χ0n) is 14.6. The zero-order valence-corrected chi connectivity index (χ0v) is 14.6. The molecule has 0 saturated carbocycles. The lowest BCUT2D eigenvalue weighted by Crippen LogP contribution is -2.35. The van der Waals surface area contributed by atoms with Crippen LogP contribution in [0.2, 0.25) is 0 Å². The van der Waals surface area contributed by atoms with E-state index in [9.17, 15) is 18.4 Å². The van der Waals surface area contributed by atoms with E-state index in [1.807, 2.05) is 0 Å².